The number of rotatable bonds is 4. The molecular formula is C13H24N2O. The van der Waals surface area contributed by atoms with E-state index in [0.29, 0.717) is 18.0 Å². The minimum absolute atomic E-state index is 0.139. The van der Waals surface area contributed by atoms with E-state index in [1.54, 1.807) is 0 Å². The third-order valence-electron chi connectivity index (χ3n) is 3.82. The standard InChI is InChI=1S/C13H24N2O/c1-9(2)13(16)15-7-6-12(8-15)14-10(3)11-4-5-11/h9-12,14H,4-8H2,1-3H3. The van der Waals surface area contributed by atoms with Crippen LogP contribution < -0.4 is 5.32 Å². The van der Waals surface area contributed by atoms with Crippen molar-refractivity contribution >= 4 is 5.91 Å². The lowest BCUT2D eigenvalue weighted by atomic mass is 10.1. The Labute approximate surface area is 98.6 Å². The molecule has 92 valence electrons. The van der Waals surface area contributed by atoms with Crippen molar-refractivity contribution in [2.75, 3.05) is 13.1 Å². The van der Waals surface area contributed by atoms with E-state index in [4.69, 9.17) is 0 Å². The zero-order valence-electron chi connectivity index (χ0n) is 10.7. The predicted molar refractivity (Wildman–Crippen MR) is 65.1 cm³/mol. The van der Waals surface area contributed by atoms with Crippen molar-refractivity contribution < 1.29 is 4.79 Å². The van der Waals surface area contributed by atoms with Crippen LogP contribution in [-0.4, -0.2) is 36.0 Å². The fourth-order valence-corrected chi connectivity index (χ4v) is 2.57. The minimum atomic E-state index is 0.139. The van der Waals surface area contributed by atoms with Crippen molar-refractivity contribution in [1.29, 1.82) is 0 Å². The number of hydrogen-bond acceptors (Lipinski definition) is 2. The first-order valence-electron chi connectivity index (χ1n) is 6.62. The van der Waals surface area contributed by atoms with E-state index in [9.17, 15) is 4.79 Å². The molecule has 0 aromatic carbocycles. The summed E-state index contributed by atoms with van der Waals surface area (Å²) >= 11 is 0. The van der Waals surface area contributed by atoms with Gasteiger partial charge in [-0.05, 0) is 32.1 Å². The van der Waals surface area contributed by atoms with Crippen molar-refractivity contribution in [1.82, 2.24) is 10.2 Å². The highest BCUT2D eigenvalue weighted by Gasteiger charge is 2.32. The highest BCUT2D eigenvalue weighted by Crippen LogP contribution is 2.32. The van der Waals surface area contributed by atoms with Crippen LogP contribution in [0.3, 0.4) is 0 Å². The summed E-state index contributed by atoms with van der Waals surface area (Å²) in [7, 11) is 0. The van der Waals surface area contributed by atoms with Crippen molar-refractivity contribution in [3.05, 3.63) is 0 Å². The Hall–Kier alpha value is -0.570. The third-order valence-corrected chi connectivity index (χ3v) is 3.82. The minimum Gasteiger partial charge on any atom is -0.341 e. The number of nitrogens with one attached hydrogen (secondary N) is 1. The van der Waals surface area contributed by atoms with Gasteiger partial charge in [0.05, 0.1) is 0 Å². The van der Waals surface area contributed by atoms with Crippen molar-refractivity contribution in [3.8, 4) is 0 Å². The van der Waals surface area contributed by atoms with Gasteiger partial charge < -0.3 is 10.2 Å². The maximum atomic E-state index is 11.8. The van der Waals surface area contributed by atoms with Gasteiger partial charge >= 0.3 is 0 Å². The summed E-state index contributed by atoms with van der Waals surface area (Å²) in [5.41, 5.74) is 0. The molecular weight excluding hydrogens is 200 g/mol. The van der Waals surface area contributed by atoms with Crippen molar-refractivity contribution in [2.45, 2.75) is 52.1 Å². The maximum Gasteiger partial charge on any atom is 0.225 e. The van der Waals surface area contributed by atoms with Gasteiger partial charge in [-0.1, -0.05) is 13.8 Å². The second kappa shape index (κ2) is 4.74. The van der Waals surface area contributed by atoms with Crippen LogP contribution in [-0.2, 0) is 4.79 Å². The fraction of sp³-hybridized carbons (Fsp3) is 0.923. The van der Waals surface area contributed by atoms with E-state index in [1.807, 2.05) is 18.7 Å². The second-order valence-electron chi connectivity index (χ2n) is 5.72. The number of carbonyl (C=O) groups excluding carboxylic acids is 1. The molecule has 0 spiro atoms. The Kier molecular flexibility index (Phi) is 3.53. The molecule has 1 aliphatic carbocycles. The monoisotopic (exact) mass is 224 g/mol. The molecule has 0 aromatic rings. The summed E-state index contributed by atoms with van der Waals surface area (Å²) < 4.78 is 0. The maximum absolute atomic E-state index is 11.8. The summed E-state index contributed by atoms with van der Waals surface area (Å²) in [5, 5.41) is 3.67. The van der Waals surface area contributed by atoms with Gasteiger partial charge in [0.25, 0.3) is 0 Å². The van der Waals surface area contributed by atoms with Crippen LogP contribution in [0.15, 0.2) is 0 Å². The van der Waals surface area contributed by atoms with Gasteiger partial charge in [0.2, 0.25) is 5.91 Å². The highest BCUT2D eigenvalue weighted by molar-refractivity contribution is 5.78. The average Bonchev–Trinajstić information content (AvgIpc) is 2.99. The topological polar surface area (TPSA) is 32.3 Å². The predicted octanol–water partition coefficient (Wildman–Crippen LogP) is 1.63. The van der Waals surface area contributed by atoms with Crippen LogP contribution in [0.5, 0.6) is 0 Å². The molecule has 1 heterocycles. The van der Waals surface area contributed by atoms with Crippen LogP contribution in [0.1, 0.15) is 40.0 Å². The lowest BCUT2D eigenvalue weighted by Crippen LogP contribution is -2.41. The summed E-state index contributed by atoms with van der Waals surface area (Å²) in [4.78, 5) is 13.8. The molecule has 16 heavy (non-hydrogen) atoms. The third kappa shape index (κ3) is 2.76. The Morgan fingerprint density at radius 1 is 1.25 bits per heavy atom. The lowest BCUT2D eigenvalue weighted by molar-refractivity contribution is -0.133. The van der Waals surface area contributed by atoms with E-state index in [1.165, 1.54) is 12.8 Å². The average molecular weight is 224 g/mol. The summed E-state index contributed by atoms with van der Waals surface area (Å²) in [6.45, 7) is 8.09. The Morgan fingerprint density at radius 3 is 2.50 bits per heavy atom. The summed E-state index contributed by atoms with van der Waals surface area (Å²) in [5.74, 6) is 1.35. The van der Waals surface area contributed by atoms with Gasteiger partial charge in [-0.2, -0.15) is 0 Å². The van der Waals surface area contributed by atoms with Crippen LogP contribution >= 0.6 is 0 Å². The number of likely N-dealkylation sites (tertiary alicyclic amines) is 1. The molecule has 0 radical (unpaired) electrons. The van der Waals surface area contributed by atoms with E-state index >= 15 is 0 Å². The first-order chi connectivity index (χ1) is 7.58. The molecule has 3 heteroatoms. The summed E-state index contributed by atoms with van der Waals surface area (Å²) in [6, 6.07) is 1.16. The molecule has 2 fully saturated rings. The fourth-order valence-electron chi connectivity index (χ4n) is 2.57. The van der Waals surface area contributed by atoms with Gasteiger partial charge in [-0.15, -0.1) is 0 Å². The van der Waals surface area contributed by atoms with Gasteiger partial charge in [-0.3, -0.25) is 4.79 Å². The molecule has 2 atom stereocenters. The van der Waals surface area contributed by atoms with Gasteiger partial charge in [-0.25, -0.2) is 0 Å². The van der Waals surface area contributed by atoms with Gasteiger partial charge in [0, 0.05) is 31.1 Å². The highest BCUT2D eigenvalue weighted by atomic mass is 16.2. The van der Waals surface area contributed by atoms with Crippen LogP contribution in [0.25, 0.3) is 0 Å². The lowest BCUT2D eigenvalue weighted by Gasteiger charge is -2.21. The molecule has 1 saturated heterocycles. The van der Waals surface area contributed by atoms with Crippen molar-refractivity contribution in [2.24, 2.45) is 11.8 Å². The summed E-state index contributed by atoms with van der Waals surface area (Å²) in [6.07, 6.45) is 3.89. The Balaban J connectivity index is 1.76. The van der Waals surface area contributed by atoms with E-state index in [0.717, 1.165) is 25.4 Å². The Morgan fingerprint density at radius 2 is 1.94 bits per heavy atom. The van der Waals surface area contributed by atoms with Crippen molar-refractivity contribution in [3.63, 3.8) is 0 Å². The van der Waals surface area contributed by atoms with E-state index in [-0.39, 0.29) is 5.92 Å². The van der Waals surface area contributed by atoms with Gasteiger partial charge in [0.15, 0.2) is 0 Å². The number of amides is 1. The molecule has 3 nitrogen and oxygen atoms in total. The largest absolute Gasteiger partial charge is 0.341 e. The first kappa shape index (κ1) is 11.9. The molecule has 1 N–H and O–H groups in total. The smallest absolute Gasteiger partial charge is 0.225 e. The van der Waals surface area contributed by atoms with Crippen LogP contribution in [0.4, 0.5) is 0 Å². The molecule has 1 saturated carbocycles. The Bertz CT molecular complexity index is 261. The molecule has 2 unspecified atom stereocenters. The molecule has 2 aliphatic rings. The zero-order valence-corrected chi connectivity index (χ0v) is 10.7. The van der Waals surface area contributed by atoms with E-state index in [2.05, 4.69) is 12.2 Å². The van der Waals surface area contributed by atoms with Crippen LogP contribution in [0, 0.1) is 11.8 Å². The molecule has 1 amide bonds. The molecule has 0 bridgehead atoms. The second-order valence-corrected chi connectivity index (χ2v) is 5.72. The first-order valence-corrected chi connectivity index (χ1v) is 6.62. The number of hydrogen-bond donors (Lipinski definition) is 1. The van der Waals surface area contributed by atoms with Gasteiger partial charge in [0.1, 0.15) is 0 Å². The molecule has 1 aliphatic heterocycles. The number of nitrogens with zero attached hydrogens (tertiary/aromatic N) is 1. The SMILES string of the molecule is CC(C)C(=O)N1CCC(NC(C)C2CC2)C1. The normalized spacial score (nSPS) is 27.5. The number of carbonyl (C=O) groups is 1. The zero-order chi connectivity index (χ0) is 11.7. The van der Waals surface area contributed by atoms with Crippen LogP contribution in [0.2, 0.25) is 0 Å². The molecule has 0 aromatic heterocycles. The molecule has 2 rings (SSSR count). The quantitative estimate of drug-likeness (QED) is 0.787. The van der Waals surface area contributed by atoms with E-state index < -0.39 is 0 Å².